The van der Waals surface area contributed by atoms with Crippen molar-refractivity contribution >= 4 is 33.4 Å². The summed E-state index contributed by atoms with van der Waals surface area (Å²) in [6.07, 6.45) is 9.12. The second-order valence-corrected chi connectivity index (χ2v) is 20.6. The van der Waals surface area contributed by atoms with E-state index in [1.54, 1.807) is 0 Å². The highest BCUT2D eigenvalue weighted by atomic mass is 32.2. The van der Waals surface area contributed by atoms with Gasteiger partial charge in [-0.05, 0) is 147 Å². The van der Waals surface area contributed by atoms with Crippen molar-refractivity contribution in [1.82, 2.24) is 0 Å². The van der Waals surface area contributed by atoms with Crippen LogP contribution in [-0.4, -0.2) is 36.3 Å². The quantitative estimate of drug-likeness (QED) is 0.0964. The third-order valence-electron chi connectivity index (χ3n) is 16.6. The maximum atomic E-state index is 15.5. The summed E-state index contributed by atoms with van der Waals surface area (Å²) in [4.78, 5) is 54.4. The van der Waals surface area contributed by atoms with E-state index >= 15 is 17.6 Å². The number of esters is 1. The monoisotopic (exact) mass is 793 g/mol. The number of carbonyl (C=O) groups excluding carboxylic acids is 4. The molecular weight excluding hydrogens is 753 g/mol. The average molecular weight is 794 g/mol. The minimum atomic E-state index is -6.01. The van der Waals surface area contributed by atoms with Gasteiger partial charge in [0.05, 0.1) is 5.56 Å². The predicted molar refractivity (Wildman–Crippen MR) is 186 cm³/mol. The summed E-state index contributed by atoms with van der Waals surface area (Å²) < 4.78 is 101. The van der Waals surface area contributed by atoms with Gasteiger partial charge in [0.25, 0.3) is 0 Å². The largest absolute Gasteiger partial charge is 0.744 e. The molecule has 0 spiro atoms. The highest BCUT2D eigenvalue weighted by Gasteiger charge is 2.59. The first-order chi connectivity index (χ1) is 26.7. The molecule has 0 aliphatic heterocycles. The predicted octanol–water partition coefficient (Wildman–Crippen LogP) is 7.52. The lowest BCUT2D eigenvalue weighted by molar-refractivity contribution is -0.142. The van der Waals surface area contributed by atoms with Crippen LogP contribution in [0.3, 0.4) is 0 Å². The third kappa shape index (κ3) is 4.94. The Balaban J connectivity index is 1.13. The lowest BCUT2D eigenvalue weighted by Gasteiger charge is -2.56. The van der Waals surface area contributed by atoms with E-state index in [2.05, 4.69) is 0 Å². The number of halogens is 4. The molecule has 0 heterocycles. The first-order valence-corrected chi connectivity index (χ1v) is 21.9. The van der Waals surface area contributed by atoms with Gasteiger partial charge < -0.3 is 9.29 Å². The number of ether oxygens (including phenoxy) is 1. The van der Waals surface area contributed by atoms with Crippen molar-refractivity contribution in [2.75, 3.05) is 0 Å². The van der Waals surface area contributed by atoms with E-state index in [1.165, 1.54) is 0 Å². The Labute approximate surface area is 321 Å². The molecular formula is C43H41F4O8S-. The lowest BCUT2D eigenvalue weighted by atomic mass is 9.47. The van der Waals surface area contributed by atoms with Crippen LogP contribution in [0.5, 0.6) is 5.75 Å². The van der Waals surface area contributed by atoms with Crippen LogP contribution in [0, 0.1) is 94.3 Å². The molecule has 12 aliphatic carbocycles. The van der Waals surface area contributed by atoms with Crippen LogP contribution >= 0.6 is 0 Å². The van der Waals surface area contributed by atoms with E-state index in [9.17, 15) is 32.1 Å². The molecule has 2 aromatic carbocycles. The number of rotatable bonds is 6. The van der Waals surface area contributed by atoms with Crippen molar-refractivity contribution in [3.8, 4) is 5.75 Å². The molecule has 14 rings (SSSR count). The summed E-state index contributed by atoms with van der Waals surface area (Å²) in [5.41, 5.74) is 1.68. The molecule has 2 aromatic rings. The molecule has 0 radical (unpaired) electrons. The van der Waals surface area contributed by atoms with Crippen LogP contribution in [0.2, 0.25) is 0 Å². The Morgan fingerprint density at radius 1 is 0.571 bits per heavy atom. The van der Waals surface area contributed by atoms with Gasteiger partial charge in [0.2, 0.25) is 17.4 Å². The molecule has 12 saturated carbocycles. The zero-order valence-corrected chi connectivity index (χ0v) is 31.3. The van der Waals surface area contributed by atoms with Crippen LogP contribution in [0.15, 0.2) is 17.0 Å². The number of hydrogen-bond donors (Lipinski definition) is 0. The Hall–Kier alpha value is -3.45. The molecule has 15 unspecified atom stereocenters. The van der Waals surface area contributed by atoms with E-state index in [1.807, 2.05) is 12.1 Å². The van der Waals surface area contributed by atoms with Crippen molar-refractivity contribution < 1.29 is 54.4 Å². The standard InChI is InChI=1S/C43H42F4O8S/c44-34-36(46)42(56(52,53)54)37(47)35(45)41(34)55-43(51)33-25(31-19-2-16-5-23(11-19)39(49)28(31)8-16)13-21(30-18-1-15-4-22(10-18)38(48)27(30)7-15)14-26(33)32-20-3-17-6-24(12-20)40(50)29(32)9-17/h13-20,22-24,27-32H,1-12H2,(H,52,53,54)/p-1. The lowest BCUT2D eigenvalue weighted by Crippen LogP contribution is -2.52. The van der Waals surface area contributed by atoms with E-state index in [0.29, 0.717) is 54.6 Å². The van der Waals surface area contributed by atoms with Crippen molar-refractivity contribution in [2.45, 2.75) is 99.7 Å². The summed E-state index contributed by atoms with van der Waals surface area (Å²) in [6.45, 7) is 0. The van der Waals surface area contributed by atoms with E-state index < -0.39 is 73.7 Å². The molecule has 12 bridgehead atoms. The first-order valence-electron chi connectivity index (χ1n) is 20.5. The molecule has 12 fully saturated rings. The molecule has 12 aliphatic rings. The second-order valence-electron chi connectivity index (χ2n) is 19.2. The number of carbonyl (C=O) groups is 4. The Morgan fingerprint density at radius 3 is 1.38 bits per heavy atom. The molecule has 0 amide bonds. The van der Waals surface area contributed by atoms with E-state index in [0.717, 1.165) is 56.9 Å². The van der Waals surface area contributed by atoms with Crippen molar-refractivity contribution in [3.63, 3.8) is 0 Å². The molecule has 0 N–H and O–H groups in total. The molecule has 15 atom stereocenters. The Bertz CT molecular complexity index is 2190. The third-order valence-corrected chi connectivity index (χ3v) is 17.4. The zero-order chi connectivity index (χ0) is 38.8. The normalized spacial score (nSPS) is 41.3. The number of ketones is 3. The highest BCUT2D eigenvalue weighted by Crippen LogP contribution is 2.64. The van der Waals surface area contributed by atoms with Crippen LogP contribution in [-0.2, 0) is 24.5 Å². The zero-order valence-electron chi connectivity index (χ0n) is 30.5. The maximum absolute atomic E-state index is 15.5. The molecule has 13 heteroatoms. The van der Waals surface area contributed by atoms with Gasteiger partial charge in [-0.15, -0.1) is 0 Å². The van der Waals surface area contributed by atoms with Crippen LogP contribution in [0.1, 0.15) is 122 Å². The minimum absolute atomic E-state index is 0.00461. The average Bonchev–Trinajstić information content (AvgIpc) is 3.14. The summed E-state index contributed by atoms with van der Waals surface area (Å²) in [5.74, 6) is -13.5. The Kier molecular flexibility index (Phi) is 7.68. The van der Waals surface area contributed by atoms with Crippen LogP contribution in [0.25, 0.3) is 0 Å². The molecule has 296 valence electrons. The maximum Gasteiger partial charge on any atom is 0.344 e. The van der Waals surface area contributed by atoms with Crippen LogP contribution < -0.4 is 4.74 Å². The van der Waals surface area contributed by atoms with Gasteiger partial charge in [-0.3, -0.25) is 14.4 Å². The first kappa shape index (κ1) is 35.7. The van der Waals surface area contributed by atoms with Gasteiger partial charge in [-0.1, -0.05) is 12.1 Å². The van der Waals surface area contributed by atoms with Gasteiger partial charge in [-0.2, -0.15) is 8.78 Å². The smallest absolute Gasteiger partial charge is 0.344 e. The molecule has 0 saturated heterocycles. The molecule has 0 aromatic heterocycles. The van der Waals surface area contributed by atoms with Crippen molar-refractivity contribution in [2.24, 2.45) is 71.0 Å². The SMILES string of the molecule is O=C(Oc1c(F)c(F)c(S(=O)(=O)[O-])c(F)c1F)c1c(C2C3CC4CC(C3)C(=O)C2C4)cc(C2C3CC4CC(C3)C(=O)C2C4)cc1C1C2CC3CC(C2)C(=O)C1C3. The van der Waals surface area contributed by atoms with Gasteiger partial charge in [0.1, 0.15) is 32.4 Å². The summed E-state index contributed by atoms with van der Waals surface area (Å²) in [6, 6.07) is 3.80. The summed E-state index contributed by atoms with van der Waals surface area (Å²) in [5, 5.41) is 0. The van der Waals surface area contributed by atoms with Crippen molar-refractivity contribution in [3.05, 3.63) is 57.7 Å². The highest BCUT2D eigenvalue weighted by molar-refractivity contribution is 7.85. The molecule has 8 nitrogen and oxygen atoms in total. The summed E-state index contributed by atoms with van der Waals surface area (Å²) >= 11 is 0. The number of Topliss-reactive ketones (excluding diaryl/α,β-unsaturated/α-hetero) is 3. The topological polar surface area (TPSA) is 135 Å². The van der Waals surface area contributed by atoms with Gasteiger partial charge >= 0.3 is 5.97 Å². The van der Waals surface area contributed by atoms with Crippen LogP contribution in [0.4, 0.5) is 17.6 Å². The molecule has 56 heavy (non-hydrogen) atoms. The Morgan fingerprint density at radius 2 is 0.964 bits per heavy atom. The fourth-order valence-corrected chi connectivity index (χ4v) is 15.7. The van der Waals surface area contributed by atoms with E-state index in [-0.39, 0.29) is 70.3 Å². The number of benzene rings is 2. The minimum Gasteiger partial charge on any atom is -0.744 e. The second kappa shape index (κ2) is 12.1. The van der Waals surface area contributed by atoms with Gasteiger partial charge in [0.15, 0.2) is 11.6 Å². The fraction of sp³-hybridized carbons (Fsp3) is 0.628. The van der Waals surface area contributed by atoms with Crippen molar-refractivity contribution in [1.29, 1.82) is 0 Å². The van der Waals surface area contributed by atoms with Gasteiger partial charge in [-0.25, -0.2) is 22.0 Å². The van der Waals surface area contributed by atoms with E-state index in [4.69, 9.17) is 4.74 Å². The fourth-order valence-electron chi connectivity index (χ4n) is 15.1. The van der Waals surface area contributed by atoms with Gasteiger partial charge in [0, 0.05) is 35.5 Å². The summed E-state index contributed by atoms with van der Waals surface area (Å²) in [7, 11) is -6.01. The number of hydrogen-bond acceptors (Lipinski definition) is 8.